The van der Waals surface area contributed by atoms with E-state index in [4.69, 9.17) is 4.74 Å². The van der Waals surface area contributed by atoms with Crippen LogP contribution < -0.4 is 10.1 Å². The molecule has 0 aliphatic heterocycles. The third kappa shape index (κ3) is 4.79. The van der Waals surface area contributed by atoms with Gasteiger partial charge in [-0.3, -0.25) is 0 Å². The van der Waals surface area contributed by atoms with Gasteiger partial charge >= 0.3 is 5.97 Å². The number of anilines is 1. The van der Waals surface area contributed by atoms with Gasteiger partial charge in [0.15, 0.2) is 5.60 Å². The minimum Gasteiger partial charge on any atom is -0.494 e. The van der Waals surface area contributed by atoms with Gasteiger partial charge in [-0.2, -0.15) is 0 Å². The Hall–Kier alpha value is -1.75. The molecule has 19 heavy (non-hydrogen) atoms. The zero-order chi connectivity index (χ0) is 14.3. The van der Waals surface area contributed by atoms with E-state index in [1.54, 1.807) is 0 Å². The van der Waals surface area contributed by atoms with Crippen molar-refractivity contribution in [1.29, 1.82) is 0 Å². The fourth-order valence-corrected chi connectivity index (χ4v) is 1.46. The van der Waals surface area contributed by atoms with Gasteiger partial charge in [0.2, 0.25) is 0 Å². The van der Waals surface area contributed by atoms with Crippen LogP contribution in [0.4, 0.5) is 5.69 Å². The molecule has 0 saturated heterocycles. The molecule has 0 aromatic heterocycles. The Balaban J connectivity index is 2.52. The van der Waals surface area contributed by atoms with Crippen LogP contribution in [0, 0.1) is 0 Å². The lowest BCUT2D eigenvalue weighted by atomic mass is 10.1. The molecule has 0 heterocycles. The average Bonchev–Trinajstić information content (AvgIpc) is 2.43. The number of hydrogen-bond acceptors (Lipinski definition) is 5. The van der Waals surface area contributed by atoms with E-state index in [2.05, 4.69) is 10.1 Å². The average molecular weight is 267 g/mol. The second-order valence-electron chi connectivity index (χ2n) is 4.49. The second kappa shape index (κ2) is 6.99. The SMILES string of the molecule is CCCOc1ccc(NCC(C)(O)C(=O)OC)cc1. The summed E-state index contributed by atoms with van der Waals surface area (Å²) < 4.78 is 9.98. The number of ether oxygens (including phenoxy) is 2. The number of aliphatic hydroxyl groups is 1. The topological polar surface area (TPSA) is 67.8 Å². The first kappa shape index (κ1) is 15.3. The smallest absolute Gasteiger partial charge is 0.339 e. The lowest BCUT2D eigenvalue weighted by molar-refractivity contribution is -0.158. The first-order valence-corrected chi connectivity index (χ1v) is 6.27. The predicted molar refractivity (Wildman–Crippen MR) is 73.4 cm³/mol. The van der Waals surface area contributed by atoms with E-state index in [0.717, 1.165) is 17.9 Å². The minimum absolute atomic E-state index is 0.0782. The van der Waals surface area contributed by atoms with Gasteiger partial charge in [0, 0.05) is 5.69 Å². The van der Waals surface area contributed by atoms with Gasteiger partial charge in [0.05, 0.1) is 20.3 Å². The molecule has 1 aromatic carbocycles. The van der Waals surface area contributed by atoms with Crippen molar-refractivity contribution in [2.24, 2.45) is 0 Å². The summed E-state index contributed by atoms with van der Waals surface area (Å²) in [4.78, 5) is 11.3. The van der Waals surface area contributed by atoms with Crippen LogP contribution in [0.25, 0.3) is 0 Å². The van der Waals surface area contributed by atoms with Gasteiger partial charge in [-0.25, -0.2) is 4.79 Å². The molecule has 0 fully saturated rings. The molecule has 0 saturated carbocycles. The van der Waals surface area contributed by atoms with Crippen LogP contribution in [0.3, 0.4) is 0 Å². The second-order valence-corrected chi connectivity index (χ2v) is 4.49. The van der Waals surface area contributed by atoms with E-state index in [1.165, 1.54) is 14.0 Å². The zero-order valence-corrected chi connectivity index (χ0v) is 11.6. The fourth-order valence-electron chi connectivity index (χ4n) is 1.46. The molecule has 0 radical (unpaired) electrons. The molecule has 0 spiro atoms. The Morgan fingerprint density at radius 2 is 2.00 bits per heavy atom. The number of rotatable bonds is 7. The standard InChI is InChI=1S/C14H21NO4/c1-4-9-19-12-7-5-11(6-8-12)15-10-14(2,17)13(16)18-3/h5-8,15,17H,4,9-10H2,1-3H3. The molecule has 0 bridgehead atoms. The number of hydrogen-bond donors (Lipinski definition) is 2. The third-order valence-corrected chi connectivity index (χ3v) is 2.59. The lowest BCUT2D eigenvalue weighted by Gasteiger charge is -2.21. The summed E-state index contributed by atoms with van der Waals surface area (Å²) in [5.74, 6) is 0.134. The number of benzene rings is 1. The molecule has 5 nitrogen and oxygen atoms in total. The Kier molecular flexibility index (Phi) is 5.63. The van der Waals surface area contributed by atoms with Gasteiger partial charge in [0.1, 0.15) is 5.75 Å². The van der Waals surface area contributed by atoms with Crippen molar-refractivity contribution in [3.05, 3.63) is 24.3 Å². The van der Waals surface area contributed by atoms with E-state index < -0.39 is 11.6 Å². The molecule has 1 aromatic rings. The molecule has 1 rings (SSSR count). The van der Waals surface area contributed by atoms with Crippen molar-refractivity contribution in [3.63, 3.8) is 0 Å². The van der Waals surface area contributed by atoms with Crippen LogP contribution in [0.1, 0.15) is 20.3 Å². The summed E-state index contributed by atoms with van der Waals surface area (Å²) >= 11 is 0. The summed E-state index contributed by atoms with van der Waals surface area (Å²) in [6.45, 7) is 4.22. The highest BCUT2D eigenvalue weighted by Gasteiger charge is 2.30. The Labute approximate surface area is 113 Å². The number of methoxy groups -OCH3 is 1. The number of esters is 1. The van der Waals surface area contributed by atoms with Gasteiger partial charge in [-0.1, -0.05) is 6.92 Å². The normalized spacial score (nSPS) is 13.5. The highest BCUT2D eigenvalue weighted by atomic mass is 16.5. The molecule has 0 amide bonds. The van der Waals surface area contributed by atoms with Crippen molar-refractivity contribution in [2.75, 3.05) is 25.6 Å². The van der Waals surface area contributed by atoms with Crippen molar-refractivity contribution >= 4 is 11.7 Å². The van der Waals surface area contributed by atoms with Crippen molar-refractivity contribution in [3.8, 4) is 5.75 Å². The molecule has 0 aliphatic carbocycles. The highest BCUT2D eigenvalue weighted by molar-refractivity contribution is 5.79. The molecule has 0 aliphatic rings. The molecule has 106 valence electrons. The summed E-state index contributed by atoms with van der Waals surface area (Å²) in [6, 6.07) is 7.34. The molecular formula is C14H21NO4. The number of carbonyl (C=O) groups excluding carboxylic acids is 1. The summed E-state index contributed by atoms with van der Waals surface area (Å²) in [6.07, 6.45) is 0.960. The van der Waals surface area contributed by atoms with Crippen molar-refractivity contribution < 1.29 is 19.4 Å². The van der Waals surface area contributed by atoms with Crippen LogP contribution in [-0.2, 0) is 9.53 Å². The molecule has 5 heteroatoms. The van der Waals surface area contributed by atoms with E-state index in [-0.39, 0.29) is 6.54 Å². The third-order valence-electron chi connectivity index (χ3n) is 2.59. The van der Waals surface area contributed by atoms with Crippen LogP contribution in [0.5, 0.6) is 5.75 Å². The first-order valence-electron chi connectivity index (χ1n) is 6.27. The van der Waals surface area contributed by atoms with Crippen LogP contribution in [0.2, 0.25) is 0 Å². The lowest BCUT2D eigenvalue weighted by Crippen LogP contribution is -2.42. The van der Waals surface area contributed by atoms with Crippen molar-refractivity contribution in [1.82, 2.24) is 0 Å². The van der Waals surface area contributed by atoms with E-state index in [1.807, 2.05) is 31.2 Å². The Morgan fingerprint density at radius 3 is 2.53 bits per heavy atom. The maximum Gasteiger partial charge on any atom is 0.339 e. The van der Waals surface area contributed by atoms with E-state index in [9.17, 15) is 9.90 Å². The largest absolute Gasteiger partial charge is 0.494 e. The quantitative estimate of drug-likeness (QED) is 0.737. The Morgan fingerprint density at radius 1 is 1.37 bits per heavy atom. The van der Waals surface area contributed by atoms with E-state index >= 15 is 0 Å². The van der Waals surface area contributed by atoms with Gasteiger partial charge in [-0.05, 0) is 37.6 Å². The van der Waals surface area contributed by atoms with Crippen molar-refractivity contribution in [2.45, 2.75) is 25.9 Å². The highest BCUT2D eigenvalue weighted by Crippen LogP contribution is 2.17. The summed E-state index contributed by atoms with van der Waals surface area (Å²) in [5, 5.41) is 12.8. The predicted octanol–water partition coefficient (Wildman–Crippen LogP) is 1.81. The monoisotopic (exact) mass is 267 g/mol. The fraction of sp³-hybridized carbons (Fsp3) is 0.500. The summed E-state index contributed by atoms with van der Waals surface area (Å²) in [5.41, 5.74) is -0.750. The van der Waals surface area contributed by atoms with Crippen LogP contribution in [-0.4, -0.2) is 36.9 Å². The van der Waals surface area contributed by atoms with Crippen LogP contribution >= 0.6 is 0 Å². The van der Waals surface area contributed by atoms with Gasteiger partial charge in [-0.15, -0.1) is 0 Å². The van der Waals surface area contributed by atoms with Crippen LogP contribution in [0.15, 0.2) is 24.3 Å². The molecule has 1 unspecified atom stereocenters. The molecular weight excluding hydrogens is 246 g/mol. The zero-order valence-electron chi connectivity index (χ0n) is 11.6. The molecule has 2 N–H and O–H groups in total. The molecule has 1 atom stereocenters. The van der Waals surface area contributed by atoms with Gasteiger partial charge < -0.3 is 19.9 Å². The Bertz CT molecular complexity index is 400. The summed E-state index contributed by atoms with van der Waals surface area (Å²) in [7, 11) is 1.25. The first-order chi connectivity index (χ1) is 8.99. The number of carbonyl (C=O) groups is 1. The maximum atomic E-state index is 11.3. The maximum absolute atomic E-state index is 11.3. The number of nitrogens with one attached hydrogen (secondary N) is 1. The van der Waals surface area contributed by atoms with Gasteiger partial charge in [0.25, 0.3) is 0 Å². The van der Waals surface area contributed by atoms with E-state index in [0.29, 0.717) is 6.61 Å². The minimum atomic E-state index is -1.55.